The molecule has 0 radical (unpaired) electrons. The summed E-state index contributed by atoms with van der Waals surface area (Å²) in [6, 6.07) is 7.69. The van der Waals surface area contributed by atoms with E-state index in [1.54, 1.807) is 7.11 Å². The number of halogens is 1. The first-order valence-electron chi connectivity index (χ1n) is 8.04. The minimum atomic E-state index is -0.130. The summed E-state index contributed by atoms with van der Waals surface area (Å²) in [5, 5.41) is 6.86. The molecule has 1 aliphatic heterocycles. The standard InChI is InChI=1S/C17H25ClN2O3/c1-22-9-8-20-16(21)12-23-17(14-5-3-7-19-11-14)13-4-2-6-15(18)10-13/h2,4,6,10,14,17,19H,3,5,7-9,11-12H2,1H3,(H,20,21)/t14-,17+/m1/s1. The van der Waals surface area contributed by atoms with Crippen molar-refractivity contribution < 1.29 is 14.3 Å². The van der Waals surface area contributed by atoms with E-state index >= 15 is 0 Å². The molecule has 0 aliphatic carbocycles. The van der Waals surface area contributed by atoms with E-state index in [1.807, 2.05) is 24.3 Å². The molecular formula is C17H25ClN2O3. The molecule has 23 heavy (non-hydrogen) atoms. The molecule has 1 amide bonds. The number of benzene rings is 1. The molecule has 1 aromatic carbocycles. The third-order valence-electron chi connectivity index (χ3n) is 3.96. The number of rotatable bonds is 8. The number of methoxy groups -OCH3 is 1. The van der Waals surface area contributed by atoms with Crippen molar-refractivity contribution in [2.75, 3.05) is 40.0 Å². The number of amides is 1. The lowest BCUT2D eigenvalue weighted by Gasteiger charge is -2.31. The Morgan fingerprint density at radius 1 is 1.52 bits per heavy atom. The third kappa shape index (κ3) is 6.11. The average Bonchev–Trinajstić information content (AvgIpc) is 2.56. The van der Waals surface area contributed by atoms with Crippen LogP contribution in [0.5, 0.6) is 0 Å². The molecule has 0 unspecified atom stereocenters. The van der Waals surface area contributed by atoms with E-state index in [4.69, 9.17) is 21.1 Å². The fourth-order valence-electron chi connectivity index (χ4n) is 2.83. The number of ether oxygens (including phenoxy) is 2. The highest BCUT2D eigenvalue weighted by Crippen LogP contribution is 2.31. The van der Waals surface area contributed by atoms with Gasteiger partial charge in [0.25, 0.3) is 0 Å². The van der Waals surface area contributed by atoms with Gasteiger partial charge in [-0.3, -0.25) is 4.79 Å². The molecule has 128 valence electrons. The van der Waals surface area contributed by atoms with E-state index in [0.29, 0.717) is 24.1 Å². The molecule has 2 atom stereocenters. The van der Waals surface area contributed by atoms with Crippen LogP contribution in [-0.4, -0.2) is 45.9 Å². The number of hydrogen-bond acceptors (Lipinski definition) is 4. The maximum Gasteiger partial charge on any atom is 0.246 e. The summed E-state index contributed by atoms with van der Waals surface area (Å²) in [6.07, 6.45) is 2.07. The zero-order valence-electron chi connectivity index (χ0n) is 13.5. The summed E-state index contributed by atoms with van der Waals surface area (Å²) >= 11 is 6.11. The van der Waals surface area contributed by atoms with E-state index in [1.165, 1.54) is 0 Å². The van der Waals surface area contributed by atoms with Crippen LogP contribution >= 0.6 is 11.6 Å². The van der Waals surface area contributed by atoms with Crippen molar-refractivity contribution in [2.45, 2.75) is 18.9 Å². The first-order valence-corrected chi connectivity index (χ1v) is 8.42. The largest absolute Gasteiger partial charge is 0.383 e. The van der Waals surface area contributed by atoms with Crippen LogP contribution in [0.3, 0.4) is 0 Å². The van der Waals surface area contributed by atoms with E-state index < -0.39 is 0 Å². The Labute approximate surface area is 142 Å². The Morgan fingerprint density at radius 2 is 2.39 bits per heavy atom. The summed E-state index contributed by atoms with van der Waals surface area (Å²) in [7, 11) is 1.61. The summed E-state index contributed by atoms with van der Waals surface area (Å²) in [6.45, 7) is 2.96. The van der Waals surface area contributed by atoms with Crippen LogP contribution in [0.25, 0.3) is 0 Å². The van der Waals surface area contributed by atoms with Crippen molar-refractivity contribution in [1.29, 1.82) is 0 Å². The first-order chi connectivity index (χ1) is 11.2. The molecule has 0 bridgehead atoms. The van der Waals surface area contributed by atoms with Crippen molar-refractivity contribution in [2.24, 2.45) is 5.92 Å². The van der Waals surface area contributed by atoms with Crippen LogP contribution in [0.1, 0.15) is 24.5 Å². The fourth-order valence-corrected chi connectivity index (χ4v) is 3.03. The molecule has 0 spiro atoms. The molecule has 1 aromatic rings. The molecule has 1 saturated heterocycles. The number of nitrogens with one attached hydrogen (secondary N) is 2. The van der Waals surface area contributed by atoms with E-state index in [2.05, 4.69) is 10.6 Å². The van der Waals surface area contributed by atoms with Gasteiger partial charge in [-0.2, -0.15) is 0 Å². The average molecular weight is 341 g/mol. The van der Waals surface area contributed by atoms with Crippen LogP contribution in [0, 0.1) is 5.92 Å². The quantitative estimate of drug-likeness (QED) is 0.712. The normalized spacial score (nSPS) is 19.3. The summed E-state index contributed by atoms with van der Waals surface area (Å²) in [4.78, 5) is 11.9. The number of hydrogen-bond donors (Lipinski definition) is 2. The van der Waals surface area contributed by atoms with Crippen molar-refractivity contribution in [3.8, 4) is 0 Å². The van der Waals surface area contributed by atoms with Crippen molar-refractivity contribution >= 4 is 17.5 Å². The highest BCUT2D eigenvalue weighted by molar-refractivity contribution is 6.30. The zero-order chi connectivity index (χ0) is 16.5. The van der Waals surface area contributed by atoms with Crippen LogP contribution in [0.4, 0.5) is 0 Å². The molecule has 6 heteroatoms. The predicted octanol–water partition coefficient (Wildman–Crippen LogP) is 2.16. The van der Waals surface area contributed by atoms with E-state index in [0.717, 1.165) is 31.5 Å². The van der Waals surface area contributed by atoms with Crippen molar-refractivity contribution in [3.63, 3.8) is 0 Å². The molecule has 0 saturated carbocycles. The Balaban J connectivity index is 1.97. The van der Waals surface area contributed by atoms with E-state index in [-0.39, 0.29) is 18.6 Å². The number of carbonyl (C=O) groups excluding carboxylic acids is 1. The number of carbonyl (C=O) groups is 1. The van der Waals surface area contributed by atoms with Gasteiger partial charge in [-0.25, -0.2) is 0 Å². The van der Waals surface area contributed by atoms with Gasteiger partial charge in [-0.1, -0.05) is 23.7 Å². The first kappa shape index (κ1) is 18.2. The second kappa shape index (κ2) is 9.88. The van der Waals surface area contributed by atoms with Crippen molar-refractivity contribution in [3.05, 3.63) is 34.9 Å². The molecule has 1 fully saturated rings. The summed E-state index contributed by atoms with van der Waals surface area (Å²) in [5.74, 6) is 0.215. The molecule has 2 N–H and O–H groups in total. The van der Waals surface area contributed by atoms with Crippen molar-refractivity contribution in [1.82, 2.24) is 10.6 Å². The SMILES string of the molecule is COCCNC(=O)CO[C@@H](c1cccc(Cl)c1)[C@@H]1CCCNC1. The lowest BCUT2D eigenvalue weighted by atomic mass is 9.89. The highest BCUT2D eigenvalue weighted by Gasteiger charge is 2.26. The maximum absolute atomic E-state index is 11.9. The van der Waals surface area contributed by atoms with Gasteiger partial charge < -0.3 is 20.1 Å². The predicted molar refractivity (Wildman–Crippen MR) is 90.6 cm³/mol. The zero-order valence-corrected chi connectivity index (χ0v) is 14.3. The highest BCUT2D eigenvalue weighted by atomic mass is 35.5. The number of piperidine rings is 1. The van der Waals surface area contributed by atoms with Crippen LogP contribution < -0.4 is 10.6 Å². The van der Waals surface area contributed by atoms with Crippen LogP contribution in [-0.2, 0) is 14.3 Å². The maximum atomic E-state index is 11.9. The van der Waals surface area contributed by atoms with Crippen LogP contribution in [0.15, 0.2) is 24.3 Å². The van der Waals surface area contributed by atoms with Gasteiger partial charge in [0.2, 0.25) is 5.91 Å². The lowest BCUT2D eigenvalue weighted by Crippen LogP contribution is -2.36. The fraction of sp³-hybridized carbons (Fsp3) is 0.588. The molecule has 2 rings (SSSR count). The Bertz CT molecular complexity index is 492. The van der Waals surface area contributed by atoms with E-state index in [9.17, 15) is 4.79 Å². The molecule has 0 aromatic heterocycles. The summed E-state index contributed by atoms with van der Waals surface area (Å²) < 4.78 is 10.9. The molecular weight excluding hydrogens is 316 g/mol. The van der Waals surface area contributed by atoms with Gasteiger partial charge in [-0.15, -0.1) is 0 Å². The van der Waals surface area contributed by atoms with Gasteiger partial charge >= 0.3 is 0 Å². The second-order valence-corrected chi connectivity index (χ2v) is 6.17. The second-order valence-electron chi connectivity index (χ2n) is 5.74. The lowest BCUT2D eigenvalue weighted by molar-refractivity contribution is -0.129. The van der Waals surface area contributed by atoms with Crippen LogP contribution in [0.2, 0.25) is 5.02 Å². The Morgan fingerprint density at radius 3 is 3.09 bits per heavy atom. The smallest absolute Gasteiger partial charge is 0.246 e. The molecule has 1 aliphatic rings. The minimum absolute atomic E-state index is 0.0391. The van der Waals surface area contributed by atoms with Gasteiger partial charge in [0.1, 0.15) is 6.61 Å². The Kier molecular flexibility index (Phi) is 7.82. The topological polar surface area (TPSA) is 59.6 Å². The summed E-state index contributed by atoms with van der Waals surface area (Å²) in [5.41, 5.74) is 1.02. The third-order valence-corrected chi connectivity index (χ3v) is 4.20. The van der Waals surface area contributed by atoms with Gasteiger partial charge in [0, 0.05) is 31.1 Å². The minimum Gasteiger partial charge on any atom is -0.383 e. The van der Waals surface area contributed by atoms with Gasteiger partial charge in [0.15, 0.2) is 0 Å². The van der Waals surface area contributed by atoms with Gasteiger partial charge in [0.05, 0.1) is 12.7 Å². The molecule has 1 heterocycles. The molecule has 5 nitrogen and oxygen atoms in total. The van der Waals surface area contributed by atoms with Gasteiger partial charge in [-0.05, 0) is 37.1 Å². The monoisotopic (exact) mass is 340 g/mol. The Hall–Kier alpha value is -1.14.